The molecule has 1 aliphatic rings. The Morgan fingerprint density at radius 1 is 1.25 bits per heavy atom. The number of nitrogens with zero attached hydrogens (tertiary/aromatic N) is 5. The number of fused-ring (bicyclic) bond motifs is 2. The first kappa shape index (κ1) is 17.2. The summed E-state index contributed by atoms with van der Waals surface area (Å²) in [5.41, 5.74) is 10.00. The molecule has 0 spiro atoms. The van der Waals surface area contributed by atoms with E-state index < -0.39 is 0 Å². The Hall–Kier alpha value is -2.94. The summed E-state index contributed by atoms with van der Waals surface area (Å²) in [6.45, 7) is 4.01. The summed E-state index contributed by atoms with van der Waals surface area (Å²) in [6.07, 6.45) is 3.60. The third-order valence-electron chi connectivity index (χ3n) is 5.19. The number of aromatic nitrogens is 6. The Morgan fingerprint density at radius 3 is 2.86 bits per heavy atom. The molecule has 3 N–H and O–H groups in total. The monoisotopic (exact) mass is 393 g/mol. The van der Waals surface area contributed by atoms with Crippen molar-refractivity contribution in [1.29, 1.82) is 0 Å². The maximum atomic E-state index is 13.3. The average Bonchev–Trinajstić information content (AvgIpc) is 3.39. The molecule has 1 aromatic carbocycles. The molecule has 1 saturated carbocycles. The van der Waals surface area contributed by atoms with Crippen LogP contribution >= 0.6 is 11.8 Å². The molecular weight excluding hydrogens is 374 g/mol. The van der Waals surface area contributed by atoms with Crippen LogP contribution in [0.25, 0.3) is 22.1 Å². The quantitative estimate of drug-likeness (QED) is 0.404. The lowest BCUT2D eigenvalue weighted by Crippen LogP contribution is -2.25. The van der Waals surface area contributed by atoms with Crippen LogP contribution in [-0.4, -0.2) is 29.5 Å². The van der Waals surface area contributed by atoms with E-state index in [-0.39, 0.29) is 17.5 Å². The minimum absolute atomic E-state index is 0.0539. The van der Waals surface area contributed by atoms with Gasteiger partial charge >= 0.3 is 0 Å². The van der Waals surface area contributed by atoms with E-state index in [1.165, 1.54) is 11.8 Å². The van der Waals surface area contributed by atoms with E-state index in [0.29, 0.717) is 16.4 Å². The number of aryl methyl sites for hydroxylation is 2. The van der Waals surface area contributed by atoms with E-state index in [2.05, 4.69) is 19.9 Å². The first-order valence-electron chi connectivity index (χ1n) is 9.13. The van der Waals surface area contributed by atoms with Gasteiger partial charge in [0.1, 0.15) is 16.4 Å². The molecule has 8 nitrogen and oxygen atoms in total. The number of nitrogens with two attached hydrogens (primary N) is 1. The SMILES string of the molecule is Cc1ccc2nc(CSc3nc(N)nc4nc[nH]c34)n(C3CC3)c(=O)c2c1C. The van der Waals surface area contributed by atoms with Crippen molar-refractivity contribution in [3.8, 4) is 0 Å². The number of nitrogen functional groups attached to an aromatic ring is 1. The lowest BCUT2D eigenvalue weighted by atomic mass is 10.1. The molecule has 5 rings (SSSR count). The number of imidazole rings is 1. The summed E-state index contributed by atoms with van der Waals surface area (Å²) in [4.78, 5) is 33.8. The van der Waals surface area contributed by atoms with Crippen LogP contribution < -0.4 is 11.3 Å². The Labute approximate surface area is 164 Å². The van der Waals surface area contributed by atoms with Crippen molar-refractivity contribution in [3.63, 3.8) is 0 Å². The largest absolute Gasteiger partial charge is 0.368 e. The van der Waals surface area contributed by atoms with Gasteiger partial charge in [-0.05, 0) is 43.9 Å². The Kier molecular flexibility index (Phi) is 3.87. The molecule has 3 heterocycles. The highest BCUT2D eigenvalue weighted by Crippen LogP contribution is 2.36. The van der Waals surface area contributed by atoms with Crippen molar-refractivity contribution < 1.29 is 0 Å². The van der Waals surface area contributed by atoms with Crippen LogP contribution in [-0.2, 0) is 5.75 Å². The van der Waals surface area contributed by atoms with Gasteiger partial charge in [-0.1, -0.05) is 17.8 Å². The number of hydrogen-bond donors (Lipinski definition) is 2. The standard InChI is InChI=1S/C19H19N7OS/c1-9-3-6-12-14(10(9)2)18(27)26(11-4-5-11)13(23-12)7-28-17-15-16(22-8-21-15)24-19(20)25-17/h3,6,8,11H,4-5,7H2,1-2H3,(H3,20,21,22,24,25). The number of thioether (sulfide) groups is 1. The van der Waals surface area contributed by atoms with Crippen LogP contribution in [0.5, 0.6) is 0 Å². The zero-order valence-electron chi connectivity index (χ0n) is 15.6. The second kappa shape index (κ2) is 6.30. The number of rotatable bonds is 4. The molecule has 1 aliphatic carbocycles. The molecule has 28 heavy (non-hydrogen) atoms. The van der Waals surface area contributed by atoms with Gasteiger partial charge in [0.05, 0.1) is 23.0 Å². The third kappa shape index (κ3) is 2.73. The highest BCUT2D eigenvalue weighted by Gasteiger charge is 2.29. The number of anilines is 1. The lowest BCUT2D eigenvalue weighted by molar-refractivity contribution is 0.663. The minimum Gasteiger partial charge on any atom is -0.368 e. The molecule has 0 atom stereocenters. The van der Waals surface area contributed by atoms with Crippen LogP contribution in [0.4, 0.5) is 5.95 Å². The van der Waals surface area contributed by atoms with Gasteiger partial charge in [-0.3, -0.25) is 9.36 Å². The average molecular weight is 393 g/mol. The van der Waals surface area contributed by atoms with Crippen LogP contribution in [0.1, 0.15) is 35.8 Å². The van der Waals surface area contributed by atoms with Crippen molar-refractivity contribution >= 4 is 39.8 Å². The van der Waals surface area contributed by atoms with Gasteiger partial charge in [-0.2, -0.15) is 4.98 Å². The lowest BCUT2D eigenvalue weighted by Gasteiger charge is -2.14. The fourth-order valence-electron chi connectivity index (χ4n) is 3.47. The Balaban J connectivity index is 1.61. The van der Waals surface area contributed by atoms with E-state index in [1.807, 2.05) is 30.5 Å². The molecule has 142 valence electrons. The molecule has 4 aromatic rings. The number of nitrogens with one attached hydrogen (secondary N) is 1. The predicted molar refractivity (Wildman–Crippen MR) is 109 cm³/mol. The fraction of sp³-hybridized carbons (Fsp3) is 0.316. The molecule has 0 aliphatic heterocycles. The van der Waals surface area contributed by atoms with Crippen molar-refractivity contribution in [1.82, 2.24) is 29.5 Å². The molecule has 0 unspecified atom stereocenters. The number of aromatic amines is 1. The predicted octanol–water partition coefficient (Wildman–Crippen LogP) is 2.89. The van der Waals surface area contributed by atoms with Crippen LogP contribution in [0.3, 0.4) is 0 Å². The summed E-state index contributed by atoms with van der Waals surface area (Å²) in [7, 11) is 0. The smallest absolute Gasteiger partial charge is 0.261 e. The summed E-state index contributed by atoms with van der Waals surface area (Å²) in [5.74, 6) is 1.46. The molecule has 0 radical (unpaired) electrons. The van der Waals surface area contributed by atoms with E-state index >= 15 is 0 Å². The van der Waals surface area contributed by atoms with Crippen molar-refractivity contribution in [2.75, 3.05) is 5.73 Å². The van der Waals surface area contributed by atoms with E-state index in [9.17, 15) is 4.79 Å². The molecule has 0 amide bonds. The maximum absolute atomic E-state index is 13.3. The zero-order chi connectivity index (χ0) is 19.4. The van der Waals surface area contributed by atoms with E-state index in [1.54, 1.807) is 6.33 Å². The number of hydrogen-bond acceptors (Lipinski definition) is 7. The summed E-state index contributed by atoms with van der Waals surface area (Å²) in [5, 5.41) is 1.43. The van der Waals surface area contributed by atoms with Crippen molar-refractivity contribution in [2.45, 2.75) is 43.5 Å². The van der Waals surface area contributed by atoms with Gasteiger partial charge in [0.15, 0.2) is 5.65 Å². The van der Waals surface area contributed by atoms with Gasteiger partial charge < -0.3 is 10.7 Å². The second-order valence-corrected chi connectivity index (χ2v) is 8.08. The van der Waals surface area contributed by atoms with Crippen LogP contribution in [0.15, 0.2) is 28.3 Å². The van der Waals surface area contributed by atoms with Gasteiger partial charge in [0, 0.05) is 6.04 Å². The highest BCUT2D eigenvalue weighted by atomic mass is 32.2. The minimum atomic E-state index is 0.0539. The molecule has 0 bridgehead atoms. The Morgan fingerprint density at radius 2 is 2.07 bits per heavy atom. The van der Waals surface area contributed by atoms with Gasteiger partial charge in [-0.15, -0.1) is 0 Å². The van der Waals surface area contributed by atoms with Gasteiger partial charge in [0.25, 0.3) is 5.56 Å². The first-order chi connectivity index (χ1) is 13.5. The summed E-state index contributed by atoms with van der Waals surface area (Å²) < 4.78 is 1.87. The molecule has 9 heteroatoms. The number of H-pyrrole nitrogens is 1. The van der Waals surface area contributed by atoms with E-state index in [4.69, 9.17) is 10.7 Å². The molecule has 1 fully saturated rings. The molecule has 3 aromatic heterocycles. The van der Waals surface area contributed by atoms with Crippen LogP contribution in [0.2, 0.25) is 0 Å². The molecule has 0 saturated heterocycles. The number of benzene rings is 1. The van der Waals surface area contributed by atoms with Crippen molar-refractivity contribution in [2.24, 2.45) is 0 Å². The summed E-state index contributed by atoms with van der Waals surface area (Å²) >= 11 is 1.48. The van der Waals surface area contributed by atoms with Gasteiger partial charge in [-0.25, -0.2) is 15.0 Å². The summed E-state index contributed by atoms with van der Waals surface area (Å²) in [6, 6.07) is 4.18. The Bertz CT molecular complexity index is 1290. The topological polar surface area (TPSA) is 115 Å². The third-order valence-corrected chi connectivity index (χ3v) is 6.17. The normalized spacial score (nSPS) is 14.2. The van der Waals surface area contributed by atoms with Gasteiger partial charge in [0.2, 0.25) is 5.95 Å². The zero-order valence-corrected chi connectivity index (χ0v) is 16.4. The van der Waals surface area contributed by atoms with Crippen molar-refractivity contribution in [3.05, 3.63) is 45.8 Å². The van der Waals surface area contributed by atoms with Crippen LogP contribution in [0, 0.1) is 13.8 Å². The maximum Gasteiger partial charge on any atom is 0.261 e. The van der Waals surface area contributed by atoms with E-state index in [0.717, 1.165) is 46.2 Å². The second-order valence-electron chi connectivity index (χ2n) is 7.11. The first-order valence-corrected chi connectivity index (χ1v) is 10.1. The molecular formula is C19H19N7OS. The fourth-order valence-corrected chi connectivity index (χ4v) is 4.39. The highest BCUT2D eigenvalue weighted by molar-refractivity contribution is 7.98.